The van der Waals surface area contributed by atoms with E-state index in [1.54, 1.807) is 29.4 Å². The number of thiophene rings is 1. The van der Waals surface area contributed by atoms with Crippen molar-refractivity contribution in [3.05, 3.63) is 69.8 Å². The van der Waals surface area contributed by atoms with Gasteiger partial charge < -0.3 is 4.42 Å². The van der Waals surface area contributed by atoms with Crippen LogP contribution in [-0.2, 0) is 5.75 Å². The fraction of sp³-hybridized carbons (Fsp3) is 0.111. The number of halogens is 1. The fourth-order valence-electron chi connectivity index (χ4n) is 2.53. The van der Waals surface area contributed by atoms with Gasteiger partial charge in [-0.1, -0.05) is 41.6 Å². The smallest absolute Gasteiger partial charge is 0.196 e. The summed E-state index contributed by atoms with van der Waals surface area (Å²) in [6, 6.07) is 16.0. The van der Waals surface area contributed by atoms with E-state index in [1.807, 2.05) is 55.5 Å². The average molecular weight is 388 g/mol. The van der Waals surface area contributed by atoms with Gasteiger partial charge in [0.1, 0.15) is 5.76 Å². The minimum atomic E-state index is 0.782. The number of rotatable bonds is 5. The summed E-state index contributed by atoms with van der Waals surface area (Å²) < 4.78 is 8.32. The first-order valence-corrected chi connectivity index (χ1v) is 9.82. The van der Waals surface area contributed by atoms with Crippen LogP contribution >= 0.6 is 34.7 Å². The van der Waals surface area contributed by atoms with Crippen molar-refractivity contribution in [3.63, 3.8) is 0 Å². The summed E-state index contributed by atoms with van der Waals surface area (Å²) in [7, 11) is 0. The van der Waals surface area contributed by atoms with E-state index in [0.29, 0.717) is 0 Å². The Labute approximate surface area is 158 Å². The van der Waals surface area contributed by atoms with Crippen LogP contribution in [0.15, 0.2) is 64.4 Å². The lowest BCUT2D eigenvalue weighted by atomic mass is 10.2. The molecule has 1 aromatic carbocycles. The van der Waals surface area contributed by atoms with Gasteiger partial charge in [-0.2, -0.15) is 0 Å². The molecule has 3 aromatic heterocycles. The second-order valence-electron chi connectivity index (χ2n) is 5.36. The Morgan fingerprint density at radius 2 is 1.96 bits per heavy atom. The molecular weight excluding hydrogens is 374 g/mol. The van der Waals surface area contributed by atoms with Gasteiger partial charge in [0, 0.05) is 16.3 Å². The Balaban J connectivity index is 1.74. The molecule has 4 aromatic rings. The predicted molar refractivity (Wildman–Crippen MR) is 103 cm³/mol. The molecule has 0 saturated heterocycles. The molecule has 0 aliphatic rings. The number of para-hydroxylation sites is 1. The number of benzene rings is 1. The minimum Gasteiger partial charge on any atom is -0.469 e. The van der Waals surface area contributed by atoms with Crippen LogP contribution in [0.5, 0.6) is 0 Å². The second kappa shape index (κ2) is 7.07. The van der Waals surface area contributed by atoms with E-state index >= 15 is 0 Å². The molecule has 0 unspecified atom stereocenters. The Bertz CT molecular complexity index is 991. The number of hydrogen-bond donors (Lipinski definition) is 0. The third-order valence-electron chi connectivity index (χ3n) is 3.72. The van der Waals surface area contributed by atoms with Gasteiger partial charge in [-0.15, -0.1) is 21.5 Å². The van der Waals surface area contributed by atoms with Crippen LogP contribution in [0.25, 0.3) is 17.1 Å². The SMILES string of the molecule is Cc1occc1-c1nnc(SCc2ccc(Cl)s2)n1-c1ccccc1. The summed E-state index contributed by atoms with van der Waals surface area (Å²) in [4.78, 5) is 1.21. The Morgan fingerprint density at radius 1 is 1.12 bits per heavy atom. The molecule has 0 aliphatic heterocycles. The van der Waals surface area contributed by atoms with E-state index in [0.717, 1.165) is 38.1 Å². The highest BCUT2D eigenvalue weighted by molar-refractivity contribution is 7.98. The van der Waals surface area contributed by atoms with Crippen molar-refractivity contribution in [1.82, 2.24) is 14.8 Å². The summed E-state index contributed by atoms with van der Waals surface area (Å²) in [6.45, 7) is 1.93. The summed E-state index contributed by atoms with van der Waals surface area (Å²) in [6.07, 6.45) is 1.68. The van der Waals surface area contributed by atoms with Crippen molar-refractivity contribution in [2.75, 3.05) is 0 Å². The quantitative estimate of drug-likeness (QED) is 0.403. The molecule has 0 atom stereocenters. The molecule has 0 fully saturated rings. The van der Waals surface area contributed by atoms with E-state index in [4.69, 9.17) is 16.0 Å². The fourth-order valence-corrected chi connectivity index (χ4v) is 4.61. The van der Waals surface area contributed by atoms with Gasteiger partial charge in [-0.25, -0.2) is 0 Å². The Hall–Kier alpha value is -2.02. The summed E-state index contributed by atoms with van der Waals surface area (Å²) in [5.74, 6) is 2.41. The van der Waals surface area contributed by atoms with Gasteiger partial charge >= 0.3 is 0 Å². The zero-order valence-electron chi connectivity index (χ0n) is 13.3. The molecule has 3 heterocycles. The maximum atomic E-state index is 6.02. The molecule has 0 spiro atoms. The van der Waals surface area contributed by atoms with Crippen molar-refractivity contribution in [2.45, 2.75) is 17.8 Å². The molecule has 0 aliphatic carbocycles. The lowest BCUT2D eigenvalue weighted by molar-refractivity contribution is 0.535. The number of aryl methyl sites for hydroxylation is 1. The maximum absolute atomic E-state index is 6.02. The highest BCUT2D eigenvalue weighted by atomic mass is 35.5. The first-order chi connectivity index (χ1) is 12.2. The van der Waals surface area contributed by atoms with Gasteiger partial charge in [0.15, 0.2) is 11.0 Å². The molecule has 0 radical (unpaired) electrons. The van der Waals surface area contributed by atoms with Crippen LogP contribution in [0.2, 0.25) is 4.34 Å². The van der Waals surface area contributed by atoms with E-state index in [9.17, 15) is 0 Å². The predicted octanol–water partition coefficient (Wildman–Crippen LogP) is 5.84. The van der Waals surface area contributed by atoms with Gasteiger partial charge in [-0.3, -0.25) is 4.57 Å². The molecule has 126 valence electrons. The minimum absolute atomic E-state index is 0.782. The number of aromatic nitrogens is 3. The van der Waals surface area contributed by atoms with E-state index in [2.05, 4.69) is 14.8 Å². The van der Waals surface area contributed by atoms with Crippen molar-refractivity contribution in [1.29, 1.82) is 0 Å². The molecular formula is C18H14ClN3OS2. The molecule has 0 bridgehead atoms. The zero-order valence-corrected chi connectivity index (χ0v) is 15.7. The molecule has 0 N–H and O–H groups in total. The molecule has 4 nitrogen and oxygen atoms in total. The van der Waals surface area contributed by atoms with E-state index < -0.39 is 0 Å². The van der Waals surface area contributed by atoms with Crippen LogP contribution in [0, 0.1) is 6.92 Å². The summed E-state index contributed by atoms with van der Waals surface area (Å²) in [5.41, 5.74) is 1.97. The average Bonchev–Trinajstić information content (AvgIpc) is 3.33. The van der Waals surface area contributed by atoms with Gasteiger partial charge in [0.05, 0.1) is 16.2 Å². The van der Waals surface area contributed by atoms with Crippen LogP contribution in [0.3, 0.4) is 0 Å². The van der Waals surface area contributed by atoms with Crippen molar-refractivity contribution in [2.24, 2.45) is 0 Å². The first-order valence-electron chi connectivity index (χ1n) is 7.64. The number of hydrogen-bond acceptors (Lipinski definition) is 5. The van der Waals surface area contributed by atoms with Crippen molar-refractivity contribution >= 4 is 34.7 Å². The third kappa shape index (κ3) is 3.38. The number of furan rings is 1. The molecule has 0 saturated carbocycles. The third-order valence-corrected chi connectivity index (χ3v) is 6.11. The maximum Gasteiger partial charge on any atom is 0.196 e. The zero-order chi connectivity index (χ0) is 17.2. The summed E-state index contributed by atoms with van der Waals surface area (Å²) >= 11 is 9.25. The highest BCUT2D eigenvalue weighted by Gasteiger charge is 2.19. The summed E-state index contributed by atoms with van der Waals surface area (Å²) in [5, 5.41) is 9.68. The topological polar surface area (TPSA) is 43.9 Å². The lowest BCUT2D eigenvalue weighted by Gasteiger charge is -2.09. The van der Waals surface area contributed by atoms with E-state index in [1.165, 1.54) is 4.88 Å². The first kappa shape index (κ1) is 16.4. The van der Waals surface area contributed by atoms with Crippen molar-refractivity contribution < 1.29 is 4.42 Å². The Kier molecular flexibility index (Phi) is 4.65. The van der Waals surface area contributed by atoms with Gasteiger partial charge in [0.2, 0.25) is 0 Å². The molecule has 7 heteroatoms. The van der Waals surface area contributed by atoms with Crippen molar-refractivity contribution in [3.8, 4) is 17.1 Å². The monoisotopic (exact) mass is 387 g/mol. The van der Waals surface area contributed by atoms with Crippen LogP contribution in [-0.4, -0.2) is 14.8 Å². The second-order valence-corrected chi connectivity index (χ2v) is 8.10. The molecule has 0 amide bonds. The van der Waals surface area contributed by atoms with Crippen LogP contribution < -0.4 is 0 Å². The lowest BCUT2D eigenvalue weighted by Crippen LogP contribution is -1.99. The Morgan fingerprint density at radius 3 is 2.64 bits per heavy atom. The van der Waals surface area contributed by atoms with Gasteiger partial charge in [-0.05, 0) is 37.3 Å². The largest absolute Gasteiger partial charge is 0.469 e. The number of nitrogens with zero attached hydrogens (tertiary/aromatic N) is 3. The standard InChI is InChI=1S/C18H14ClN3OS2/c1-12-15(9-10-23-12)17-20-21-18(22(17)13-5-3-2-4-6-13)24-11-14-7-8-16(19)25-14/h2-10H,11H2,1H3. The van der Waals surface area contributed by atoms with Gasteiger partial charge in [0.25, 0.3) is 0 Å². The molecule has 4 rings (SSSR count). The highest BCUT2D eigenvalue weighted by Crippen LogP contribution is 2.33. The van der Waals surface area contributed by atoms with E-state index in [-0.39, 0.29) is 0 Å². The normalized spacial score (nSPS) is 11.1. The number of thioether (sulfide) groups is 1. The molecule has 25 heavy (non-hydrogen) atoms. The van der Waals surface area contributed by atoms with Crippen LogP contribution in [0.4, 0.5) is 0 Å². The van der Waals surface area contributed by atoms with Crippen LogP contribution in [0.1, 0.15) is 10.6 Å².